The van der Waals surface area contributed by atoms with Crippen LogP contribution in [0.1, 0.15) is 45.1 Å². The van der Waals surface area contributed by atoms with Crippen LogP contribution < -0.4 is 10.1 Å². The predicted octanol–water partition coefficient (Wildman–Crippen LogP) is 6.19. The van der Waals surface area contributed by atoms with Crippen LogP contribution in [0.15, 0.2) is 42.7 Å². The van der Waals surface area contributed by atoms with Crippen molar-refractivity contribution in [2.24, 2.45) is 5.41 Å². The summed E-state index contributed by atoms with van der Waals surface area (Å²) in [6.45, 7) is 5.58. The molecule has 0 saturated heterocycles. The molecule has 0 bridgehead atoms. The lowest BCUT2D eigenvalue weighted by molar-refractivity contribution is -0.192. The van der Waals surface area contributed by atoms with Crippen molar-refractivity contribution >= 4 is 17.0 Å². The minimum absolute atomic E-state index is 0.329. The van der Waals surface area contributed by atoms with Crippen molar-refractivity contribution in [2.45, 2.75) is 58.3 Å². The topological polar surface area (TPSA) is 87.2 Å². The number of aliphatic carboxylic acids is 1. The minimum Gasteiger partial charge on any atom is -0.475 e. The highest BCUT2D eigenvalue weighted by Crippen LogP contribution is 2.35. The molecule has 6 nitrogen and oxygen atoms in total. The van der Waals surface area contributed by atoms with Crippen molar-refractivity contribution in [3.05, 3.63) is 54.1 Å². The first-order valence-corrected chi connectivity index (χ1v) is 10.9. The molecule has 1 fully saturated rings. The van der Waals surface area contributed by atoms with E-state index in [2.05, 4.69) is 41.3 Å². The number of nitrogens with zero attached hydrogens (tertiary/aromatic N) is 1. The smallest absolute Gasteiger partial charge is 0.475 e. The van der Waals surface area contributed by atoms with Gasteiger partial charge in [0.25, 0.3) is 0 Å². The molecule has 1 aliphatic rings. The molecule has 3 aromatic rings. The maximum absolute atomic E-state index is 14.0. The lowest BCUT2D eigenvalue weighted by Crippen LogP contribution is -2.35. The molecule has 0 atom stereocenters. The van der Waals surface area contributed by atoms with Crippen LogP contribution in [0, 0.1) is 11.2 Å². The monoisotopic (exact) mass is 481 g/mol. The quantitative estimate of drug-likeness (QED) is 0.379. The van der Waals surface area contributed by atoms with E-state index in [1.807, 2.05) is 12.1 Å². The fourth-order valence-electron chi connectivity index (χ4n) is 3.72. The Hall–Kier alpha value is -3.14. The Labute approximate surface area is 194 Å². The van der Waals surface area contributed by atoms with E-state index in [0.29, 0.717) is 34.0 Å². The molecule has 3 N–H and O–H groups in total. The summed E-state index contributed by atoms with van der Waals surface area (Å²) in [4.78, 5) is 15.8. The van der Waals surface area contributed by atoms with Gasteiger partial charge in [0.15, 0.2) is 5.82 Å². The molecule has 0 radical (unpaired) electrons. The van der Waals surface area contributed by atoms with E-state index in [1.54, 1.807) is 6.07 Å². The number of hydrogen-bond donors (Lipinski definition) is 3. The Balaban J connectivity index is 0.000000406. The van der Waals surface area contributed by atoms with Gasteiger partial charge in [-0.15, -0.1) is 0 Å². The first-order chi connectivity index (χ1) is 15.9. The highest BCUT2D eigenvalue weighted by atomic mass is 19.4. The maximum atomic E-state index is 14.0. The molecule has 1 saturated carbocycles. The van der Waals surface area contributed by atoms with Gasteiger partial charge in [-0.3, -0.25) is 0 Å². The van der Waals surface area contributed by atoms with E-state index in [0.717, 1.165) is 6.54 Å². The molecule has 4 rings (SSSR count). The second kappa shape index (κ2) is 10.4. The first kappa shape index (κ1) is 25.5. The third-order valence-electron chi connectivity index (χ3n) is 5.79. The summed E-state index contributed by atoms with van der Waals surface area (Å²) in [5.41, 5.74) is 2.68. The fourth-order valence-corrected chi connectivity index (χ4v) is 3.72. The van der Waals surface area contributed by atoms with Gasteiger partial charge in [-0.2, -0.15) is 13.2 Å². The molecule has 1 aromatic heterocycles. The molecule has 1 aliphatic carbocycles. The van der Waals surface area contributed by atoms with Gasteiger partial charge in [-0.25, -0.2) is 14.2 Å². The van der Waals surface area contributed by atoms with Crippen molar-refractivity contribution in [3.8, 4) is 11.5 Å². The maximum Gasteiger partial charge on any atom is 0.490 e. The van der Waals surface area contributed by atoms with Gasteiger partial charge in [-0.05, 0) is 48.8 Å². The van der Waals surface area contributed by atoms with E-state index >= 15 is 0 Å². The number of aromatic amines is 1. The summed E-state index contributed by atoms with van der Waals surface area (Å²) in [5, 5.41) is 10.8. The number of alkyl halides is 3. The van der Waals surface area contributed by atoms with Gasteiger partial charge in [0, 0.05) is 24.7 Å². The van der Waals surface area contributed by atoms with Crippen LogP contribution in [0.2, 0.25) is 0 Å². The number of fused-ring (bicyclic) bond motifs is 1. The van der Waals surface area contributed by atoms with E-state index in [9.17, 15) is 17.6 Å². The number of ether oxygens (including phenoxy) is 1. The van der Waals surface area contributed by atoms with Crippen LogP contribution in [0.25, 0.3) is 11.0 Å². The zero-order valence-corrected chi connectivity index (χ0v) is 18.9. The number of benzene rings is 2. The van der Waals surface area contributed by atoms with E-state index < -0.39 is 12.1 Å². The van der Waals surface area contributed by atoms with Crippen molar-refractivity contribution in [1.29, 1.82) is 0 Å². The van der Waals surface area contributed by atoms with Gasteiger partial charge in [0.05, 0.1) is 11.8 Å². The summed E-state index contributed by atoms with van der Waals surface area (Å²) in [6, 6.07) is 11.7. The van der Waals surface area contributed by atoms with Crippen LogP contribution in [-0.4, -0.2) is 33.3 Å². The number of H-pyrrole nitrogens is 1. The third kappa shape index (κ3) is 7.18. The Bertz CT molecular complexity index is 1100. The normalized spacial score (nSPS) is 16.1. The number of hydrogen-bond acceptors (Lipinski definition) is 4. The summed E-state index contributed by atoms with van der Waals surface area (Å²) < 4.78 is 51.5. The first-order valence-electron chi connectivity index (χ1n) is 10.9. The Morgan fingerprint density at radius 2 is 1.79 bits per heavy atom. The molecule has 34 heavy (non-hydrogen) atoms. The lowest BCUT2D eigenvalue weighted by atomic mass is 9.75. The average molecular weight is 481 g/mol. The number of rotatable bonds is 5. The molecule has 0 amide bonds. The number of carboxylic acids is 1. The molecule has 0 aliphatic heterocycles. The van der Waals surface area contributed by atoms with Crippen molar-refractivity contribution in [2.75, 3.05) is 0 Å². The van der Waals surface area contributed by atoms with Crippen molar-refractivity contribution in [3.63, 3.8) is 0 Å². The number of aromatic nitrogens is 2. The van der Waals surface area contributed by atoms with Gasteiger partial charge in [0.1, 0.15) is 17.0 Å². The molecule has 184 valence electrons. The standard InChI is InChI=1S/C22H26FN3O.C2HF3O2/c1-22(2)9-7-16(8-10-22)24-13-15-3-5-17(6-4-15)27-18-11-19(23)21-20(12-18)25-14-26-21;3-2(4,5)1(6)7/h3-6,11-12,14,16,24H,7-10,13H2,1-2H3,(H,25,26);(H,6,7). The molecule has 0 spiro atoms. The largest absolute Gasteiger partial charge is 0.490 e. The van der Waals surface area contributed by atoms with Gasteiger partial charge in [0.2, 0.25) is 0 Å². The molecular formula is C24H27F4N3O3. The zero-order chi connectivity index (χ0) is 24.9. The molecule has 0 unspecified atom stereocenters. The van der Waals surface area contributed by atoms with Crippen molar-refractivity contribution < 1.29 is 32.2 Å². The summed E-state index contributed by atoms with van der Waals surface area (Å²) in [6.07, 6.45) is 1.46. The third-order valence-corrected chi connectivity index (χ3v) is 5.79. The highest BCUT2D eigenvalue weighted by molar-refractivity contribution is 5.77. The number of carbonyl (C=O) groups is 1. The lowest BCUT2D eigenvalue weighted by Gasteiger charge is -2.34. The number of nitrogens with one attached hydrogen (secondary N) is 2. The van der Waals surface area contributed by atoms with Gasteiger partial charge >= 0.3 is 12.1 Å². The number of imidazole rings is 1. The summed E-state index contributed by atoms with van der Waals surface area (Å²) >= 11 is 0. The van der Waals surface area contributed by atoms with Crippen molar-refractivity contribution in [1.82, 2.24) is 15.3 Å². The molecule has 1 heterocycles. The summed E-state index contributed by atoms with van der Waals surface area (Å²) in [5.74, 6) is -2.00. The Morgan fingerprint density at radius 1 is 1.18 bits per heavy atom. The van der Waals surface area contributed by atoms with Crippen LogP contribution in [0.5, 0.6) is 11.5 Å². The summed E-state index contributed by atoms with van der Waals surface area (Å²) in [7, 11) is 0. The van der Waals surface area contributed by atoms with E-state index in [4.69, 9.17) is 14.6 Å². The van der Waals surface area contributed by atoms with Crippen LogP contribution in [-0.2, 0) is 11.3 Å². The fraction of sp³-hybridized carbons (Fsp3) is 0.417. The zero-order valence-electron chi connectivity index (χ0n) is 18.9. The van der Waals surface area contributed by atoms with E-state index in [1.165, 1.54) is 43.6 Å². The van der Waals surface area contributed by atoms with Crippen LogP contribution in [0.3, 0.4) is 0 Å². The van der Waals surface area contributed by atoms with Crippen LogP contribution in [0.4, 0.5) is 17.6 Å². The number of carboxylic acid groups (broad SMARTS) is 1. The highest BCUT2D eigenvalue weighted by Gasteiger charge is 2.38. The molecular weight excluding hydrogens is 454 g/mol. The number of halogens is 4. The average Bonchev–Trinajstić information content (AvgIpc) is 3.23. The Morgan fingerprint density at radius 3 is 2.38 bits per heavy atom. The Kier molecular flexibility index (Phi) is 7.81. The minimum atomic E-state index is -5.08. The van der Waals surface area contributed by atoms with Gasteiger partial charge in [-0.1, -0.05) is 26.0 Å². The van der Waals surface area contributed by atoms with E-state index in [-0.39, 0.29) is 5.82 Å². The predicted molar refractivity (Wildman–Crippen MR) is 119 cm³/mol. The SMILES string of the molecule is CC1(C)CCC(NCc2ccc(Oc3cc(F)c4nc[nH]c4c3)cc2)CC1.O=C(O)C(F)(F)F. The van der Waals surface area contributed by atoms with Gasteiger partial charge < -0.3 is 20.1 Å². The second-order valence-electron chi connectivity index (χ2n) is 9.07. The molecule has 10 heteroatoms. The van der Waals surface area contributed by atoms with Crippen LogP contribution >= 0.6 is 0 Å². The second-order valence-corrected chi connectivity index (χ2v) is 9.07. The molecule has 2 aromatic carbocycles.